The number of benzene rings is 1. The van der Waals surface area contributed by atoms with Gasteiger partial charge in [0.05, 0.1) is 10.6 Å². The second-order valence-corrected chi connectivity index (χ2v) is 3.67. The van der Waals surface area contributed by atoms with Gasteiger partial charge in [0.15, 0.2) is 0 Å². The van der Waals surface area contributed by atoms with Crippen molar-refractivity contribution in [1.29, 1.82) is 0 Å². The molecule has 0 aliphatic rings. The number of rotatable bonds is 2. The molecule has 88 valence electrons. The van der Waals surface area contributed by atoms with Gasteiger partial charge in [-0.2, -0.15) is 13.2 Å². The Morgan fingerprint density at radius 2 is 1.88 bits per heavy atom. The van der Waals surface area contributed by atoms with Gasteiger partial charge >= 0.3 is 6.18 Å². The van der Waals surface area contributed by atoms with E-state index in [1.807, 2.05) is 0 Å². The first-order valence-electron chi connectivity index (χ1n) is 3.93. The van der Waals surface area contributed by atoms with Gasteiger partial charge in [-0.05, 0) is 29.3 Å². The van der Waals surface area contributed by atoms with E-state index in [1.54, 1.807) is 0 Å². The zero-order valence-corrected chi connectivity index (χ0v) is 9.00. The summed E-state index contributed by atoms with van der Waals surface area (Å²) in [5, 5.41) is -1.23. The minimum atomic E-state index is -5.00. The molecule has 0 aliphatic carbocycles. The summed E-state index contributed by atoms with van der Waals surface area (Å²) >= 11 is 10.6. The Labute approximate surface area is 98.0 Å². The monoisotopic (exact) mass is 274 g/mol. The third-order valence-electron chi connectivity index (χ3n) is 1.78. The van der Waals surface area contributed by atoms with Gasteiger partial charge in [-0.1, -0.05) is 17.7 Å². The molecule has 0 radical (unpaired) electrons. The van der Waals surface area contributed by atoms with Crippen LogP contribution in [0.3, 0.4) is 0 Å². The summed E-state index contributed by atoms with van der Waals surface area (Å²) < 4.78 is 48.9. The summed E-state index contributed by atoms with van der Waals surface area (Å²) in [5.41, 5.74) is -0.833. The summed E-state index contributed by atoms with van der Waals surface area (Å²) in [6, 6.07) is 2.50. The Kier molecular flexibility index (Phi) is 3.80. The summed E-state index contributed by atoms with van der Waals surface area (Å²) in [4.78, 5) is 10.7. The Hall–Kier alpha value is -0.810. The van der Waals surface area contributed by atoms with Crippen molar-refractivity contribution in [2.75, 3.05) is 0 Å². The lowest BCUT2D eigenvalue weighted by atomic mass is 10.1. The normalized spacial score (nSPS) is 13.6. The van der Waals surface area contributed by atoms with Crippen molar-refractivity contribution in [2.24, 2.45) is 0 Å². The molecule has 0 fully saturated rings. The summed E-state index contributed by atoms with van der Waals surface area (Å²) in [6.45, 7) is 0. The maximum Gasteiger partial charge on any atom is 0.423 e. The van der Waals surface area contributed by atoms with Crippen LogP contribution in [0.25, 0.3) is 0 Å². The molecule has 0 amide bonds. The molecular formula is C9H4Cl2F4O. The number of carbonyl (C=O) groups excluding carboxylic acids is 1. The van der Waals surface area contributed by atoms with Crippen LogP contribution in [0.5, 0.6) is 0 Å². The lowest BCUT2D eigenvalue weighted by Gasteiger charge is -2.13. The molecule has 0 saturated heterocycles. The Morgan fingerprint density at radius 1 is 1.31 bits per heavy atom. The van der Waals surface area contributed by atoms with E-state index in [-0.39, 0.29) is 10.6 Å². The van der Waals surface area contributed by atoms with E-state index in [9.17, 15) is 22.4 Å². The first kappa shape index (κ1) is 13.3. The molecule has 0 heterocycles. The molecule has 0 saturated carbocycles. The number of halogens is 6. The standard InChI is InChI=1S/C9H4Cl2F4O/c10-6-3-4(7(12)9(13,14)15)1-2-5(6)8(11)16/h1-3,7H. The molecule has 0 N–H and O–H groups in total. The fourth-order valence-corrected chi connectivity index (χ4v) is 1.53. The van der Waals surface area contributed by atoms with Crippen molar-refractivity contribution in [3.8, 4) is 0 Å². The predicted octanol–water partition coefficient (Wildman–Crippen LogP) is 4.29. The highest BCUT2D eigenvalue weighted by Gasteiger charge is 2.41. The van der Waals surface area contributed by atoms with Crippen LogP contribution < -0.4 is 0 Å². The molecule has 0 spiro atoms. The Bertz CT molecular complexity index is 416. The number of hydrogen-bond donors (Lipinski definition) is 0. The van der Waals surface area contributed by atoms with Gasteiger partial charge in [-0.25, -0.2) is 4.39 Å². The van der Waals surface area contributed by atoms with Crippen molar-refractivity contribution in [1.82, 2.24) is 0 Å². The lowest BCUT2D eigenvalue weighted by Crippen LogP contribution is -2.16. The summed E-state index contributed by atoms with van der Waals surface area (Å²) in [5.74, 6) is 0. The summed E-state index contributed by atoms with van der Waals surface area (Å²) in [7, 11) is 0. The quantitative estimate of drug-likeness (QED) is 0.581. The second kappa shape index (κ2) is 4.59. The van der Waals surface area contributed by atoms with Crippen LogP contribution in [-0.2, 0) is 0 Å². The van der Waals surface area contributed by atoms with Gasteiger partial charge in [0.2, 0.25) is 6.17 Å². The molecule has 0 bridgehead atoms. The van der Waals surface area contributed by atoms with Crippen LogP contribution in [-0.4, -0.2) is 11.4 Å². The predicted molar refractivity (Wildman–Crippen MR) is 51.5 cm³/mol. The third kappa shape index (κ3) is 2.86. The maximum absolute atomic E-state index is 12.9. The molecule has 7 heteroatoms. The third-order valence-corrected chi connectivity index (χ3v) is 2.30. The first-order valence-corrected chi connectivity index (χ1v) is 4.69. The maximum atomic E-state index is 12.9. The second-order valence-electron chi connectivity index (χ2n) is 2.92. The van der Waals surface area contributed by atoms with E-state index in [2.05, 4.69) is 0 Å². The van der Waals surface area contributed by atoms with E-state index in [4.69, 9.17) is 23.2 Å². The molecule has 1 rings (SSSR count). The molecular weight excluding hydrogens is 271 g/mol. The van der Waals surface area contributed by atoms with Crippen molar-refractivity contribution in [2.45, 2.75) is 12.3 Å². The highest BCUT2D eigenvalue weighted by atomic mass is 35.5. The highest BCUT2D eigenvalue weighted by molar-refractivity contribution is 6.68. The molecule has 0 aromatic heterocycles. The van der Waals surface area contributed by atoms with Crippen molar-refractivity contribution < 1.29 is 22.4 Å². The number of carbonyl (C=O) groups is 1. The minimum Gasteiger partial charge on any atom is -0.276 e. The molecule has 1 aromatic carbocycles. The van der Waals surface area contributed by atoms with E-state index >= 15 is 0 Å². The average Bonchev–Trinajstić information content (AvgIpc) is 2.14. The van der Waals surface area contributed by atoms with Crippen molar-refractivity contribution >= 4 is 28.4 Å². The number of alkyl halides is 4. The van der Waals surface area contributed by atoms with Crippen LogP contribution in [0.1, 0.15) is 22.1 Å². The lowest BCUT2D eigenvalue weighted by molar-refractivity contribution is -0.182. The van der Waals surface area contributed by atoms with Crippen LogP contribution in [0.4, 0.5) is 17.6 Å². The molecule has 1 aromatic rings. The van der Waals surface area contributed by atoms with Gasteiger partial charge in [-0.3, -0.25) is 4.79 Å². The zero-order valence-electron chi connectivity index (χ0n) is 7.49. The Balaban J connectivity index is 3.11. The summed E-state index contributed by atoms with van der Waals surface area (Å²) in [6.07, 6.45) is -8.14. The molecule has 16 heavy (non-hydrogen) atoms. The van der Waals surface area contributed by atoms with Crippen LogP contribution >= 0.6 is 23.2 Å². The van der Waals surface area contributed by atoms with Gasteiger partial charge in [-0.15, -0.1) is 0 Å². The van der Waals surface area contributed by atoms with Crippen LogP contribution in [0.2, 0.25) is 5.02 Å². The first-order chi connectivity index (χ1) is 7.23. The highest BCUT2D eigenvalue weighted by Crippen LogP contribution is 2.37. The zero-order chi connectivity index (χ0) is 12.5. The van der Waals surface area contributed by atoms with E-state index < -0.39 is 23.2 Å². The van der Waals surface area contributed by atoms with Crippen LogP contribution in [0.15, 0.2) is 18.2 Å². The largest absolute Gasteiger partial charge is 0.423 e. The fraction of sp³-hybridized carbons (Fsp3) is 0.222. The number of hydrogen-bond acceptors (Lipinski definition) is 1. The van der Waals surface area contributed by atoms with E-state index in [0.717, 1.165) is 18.2 Å². The average molecular weight is 275 g/mol. The van der Waals surface area contributed by atoms with Gasteiger partial charge in [0.25, 0.3) is 5.24 Å². The van der Waals surface area contributed by atoms with Crippen LogP contribution in [0, 0.1) is 0 Å². The van der Waals surface area contributed by atoms with E-state index in [0.29, 0.717) is 0 Å². The van der Waals surface area contributed by atoms with Gasteiger partial charge in [0.1, 0.15) is 0 Å². The smallest absolute Gasteiger partial charge is 0.276 e. The van der Waals surface area contributed by atoms with Crippen molar-refractivity contribution in [3.05, 3.63) is 34.3 Å². The fourth-order valence-electron chi connectivity index (χ4n) is 1.04. The molecule has 1 unspecified atom stereocenters. The SMILES string of the molecule is O=C(Cl)c1ccc(C(F)C(F)(F)F)cc1Cl. The minimum absolute atomic E-state index is 0.165. The van der Waals surface area contributed by atoms with Gasteiger partial charge < -0.3 is 0 Å². The van der Waals surface area contributed by atoms with Gasteiger partial charge in [0, 0.05) is 0 Å². The molecule has 1 nitrogen and oxygen atoms in total. The van der Waals surface area contributed by atoms with E-state index in [1.165, 1.54) is 0 Å². The Morgan fingerprint density at radius 3 is 2.25 bits per heavy atom. The van der Waals surface area contributed by atoms with Crippen molar-refractivity contribution in [3.63, 3.8) is 0 Å². The molecule has 1 atom stereocenters. The molecule has 0 aliphatic heterocycles. The topological polar surface area (TPSA) is 17.1 Å².